The van der Waals surface area contributed by atoms with Crippen LogP contribution in [0.5, 0.6) is 5.75 Å². The number of carbonyl (C=O) groups excluding carboxylic acids is 1. The van der Waals surface area contributed by atoms with Crippen molar-refractivity contribution in [1.29, 1.82) is 0 Å². The molecule has 4 rings (SSSR count). The van der Waals surface area contributed by atoms with Gasteiger partial charge in [-0.15, -0.1) is 0 Å². The van der Waals surface area contributed by atoms with Crippen LogP contribution in [0.2, 0.25) is 0 Å². The van der Waals surface area contributed by atoms with Gasteiger partial charge >= 0.3 is 0 Å². The highest BCUT2D eigenvalue weighted by Crippen LogP contribution is 2.31. The molecular formula is C24H31N7O2. The normalized spacial score (nSPS) is 12.2. The predicted molar refractivity (Wildman–Crippen MR) is 131 cm³/mol. The maximum Gasteiger partial charge on any atom is 0.230 e. The number of nitrogens with zero attached hydrogens (tertiary/aromatic N) is 5. The highest BCUT2D eigenvalue weighted by molar-refractivity contribution is 5.67. The summed E-state index contributed by atoms with van der Waals surface area (Å²) in [5.41, 5.74) is 8.37. The van der Waals surface area contributed by atoms with Gasteiger partial charge in [0.15, 0.2) is 0 Å². The number of methoxy groups -OCH3 is 1. The van der Waals surface area contributed by atoms with Crippen LogP contribution in [0.1, 0.15) is 32.3 Å². The van der Waals surface area contributed by atoms with Crippen molar-refractivity contribution in [3.8, 4) is 5.75 Å². The number of amides is 1. The number of rotatable bonds is 9. The summed E-state index contributed by atoms with van der Waals surface area (Å²) in [5.74, 6) is 2.34. The minimum absolute atomic E-state index is 0.296. The van der Waals surface area contributed by atoms with Gasteiger partial charge in [0.05, 0.1) is 19.9 Å². The molecule has 0 radical (unpaired) electrons. The molecule has 2 heterocycles. The van der Waals surface area contributed by atoms with E-state index < -0.39 is 0 Å². The third kappa shape index (κ3) is 6.09. The Morgan fingerprint density at radius 2 is 1.97 bits per heavy atom. The van der Waals surface area contributed by atoms with Crippen LogP contribution in [0, 0.1) is 0 Å². The lowest BCUT2D eigenvalue weighted by Gasteiger charge is -2.24. The molecular weight excluding hydrogens is 418 g/mol. The average Bonchev–Trinajstić information content (AvgIpc) is 3.70. The Hall–Kier alpha value is -3.88. The molecule has 0 atom stereocenters. The second-order valence-corrected chi connectivity index (χ2v) is 7.41. The maximum atomic E-state index is 11.6. The fourth-order valence-electron chi connectivity index (χ4n) is 3.26. The van der Waals surface area contributed by atoms with E-state index in [1.165, 1.54) is 0 Å². The van der Waals surface area contributed by atoms with Gasteiger partial charge < -0.3 is 25.6 Å². The summed E-state index contributed by atoms with van der Waals surface area (Å²) in [5, 5.41) is 3.12. The van der Waals surface area contributed by atoms with Gasteiger partial charge in [0.25, 0.3) is 0 Å². The van der Waals surface area contributed by atoms with Gasteiger partial charge in [0.2, 0.25) is 12.4 Å². The van der Waals surface area contributed by atoms with Crippen molar-refractivity contribution in [3.05, 3.63) is 54.4 Å². The largest absolute Gasteiger partial charge is 0.495 e. The van der Waals surface area contributed by atoms with Gasteiger partial charge in [0.1, 0.15) is 17.4 Å². The number of nitrogen functional groups attached to an aromatic ring is 1. The van der Waals surface area contributed by atoms with E-state index in [1.807, 2.05) is 50.1 Å². The number of hydrogen-bond acceptors (Lipinski definition) is 8. The zero-order valence-electron chi connectivity index (χ0n) is 19.5. The first-order valence-electron chi connectivity index (χ1n) is 11.0. The third-order valence-corrected chi connectivity index (χ3v) is 5.13. The van der Waals surface area contributed by atoms with Crippen molar-refractivity contribution < 1.29 is 9.53 Å². The summed E-state index contributed by atoms with van der Waals surface area (Å²) < 4.78 is 5.14. The summed E-state index contributed by atoms with van der Waals surface area (Å²) in [6.45, 7) is 4.44. The SMILES string of the molecule is CC.COc1ccc(Nc2ncc(CN(C=O)C3CC3)c(N(C)c3cccc(N)c3)n2)nc1. The molecule has 0 unspecified atom stereocenters. The van der Waals surface area contributed by atoms with Gasteiger partial charge in [-0.3, -0.25) is 4.79 Å². The average molecular weight is 450 g/mol. The first-order valence-corrected chi connectivity index (χ1v) is 11.0. The fraction of sp³-hybridized carbons (Fsp3) is 0.333. The van der Waals surface area contributed by atoms with E-state index in [0.29, 0.717) is 41.6 Å². The topological polar surface area (TPSA) is 110 Å². The number of ether oxygens (including phenoxy) is 1. The molecule has 3 aromatic rings. The lowest BCUT2D eigenvalue weighted by Crippen LogP contribution is -2.25. The Morgan fingerprint density at radius 3 is 2.58 bits per heavy atom. The summed E-state index contributed by atoms with van der Waals surface area (Å²) >= 11 is 0. The molecule has 0 bridgehead atoms. The van der Waals surface area contributed by atoms with E-state index in [-0.39, 0.29) is 0 Å². The molecule has 1 fully saturated rings. The van der Waals surface area contributed by atoms with Crippen LogP contribution >= 0.6 is 0 Å². The van der Waals surface area contributed by atoms with Gasteiger partial charge in [-0.1, -0.05) is 19.9 Å². The number of nitrogens with two attached hydrogens (primary N) is 1. The van der Waals surface area contributed by atoms with Crippen LogP contribution in [0.25, 0.3) is 0 Å². The van der Waals surface area contributed by atoms with E-state index in [9.17, 15) is 4.79 Å². The molecule has 1 aromatic carbocycles. The van der Waals surface area contributed by atoms with Crippen LogP contribution in [-0.2, 0) is 11.3 Å². The molecule has 33 heavy (non-hydrogen) atoms. The minimum Gasteiger partial charge on any atom is -0.495 e. The Labute approximate surface area is 194 Å². The van der Waals surface area contributed by atoms with Crippen molar-refractivity contribution in [2.75, 3.05) is 30.1 Å². The Kier molecular flexibility index (Phi) is 8.01. The smallest absolute Gasteiger partial charge is 0.230 e. The molecule has 174 valence electrons. The summed E-state index contributed by atoms with van der Waals surface area (Å²) in [4.78, 5) is 28.8. The van der Waals surface area contributed by atoms with Crippen molar-refractivity contribution in [2.24, 2.45) is 0 Å². The number of benzene rings is 1. The number of aromatic nitrogens is 3. The lowest BCUT2D eigenvalue weighted by atomic mass is 10.2. The van der Waals surface area contributed by atoms with Gasteiger partial charge in [0, 0.05) is 36.2 Å². The summed E-state index contributed by atoms with van der Waals surface area (Å²) in [6.07, 6.45) is 6.32. The molecule has 1 aliphatic carbocycles. The second kappa shape index (κ2) is 11.1. The van der Waals surface area contributed by atoms with Gasteiger partial charge in [-0.25, -0.2) is 9.97 Å². The lowest BCUT2D eigenvalue weighted by molar-refractivity contribution is -0.119. The van der Waals surface area contributed by atoms with Crippen LogP contribution < -0.4 is 20.7 Å². The highest BCUT2D eigenvalue weighted by Gasteiger charge is 2.29. The summed E-state index contributed by atoms with van der Waals surface area (Å²) in [6, 6.07) is 11.5. The molecule has 9 nitrogen and oxygen atoms in total. The van der Waals surface area contributed by atoms with Crippen molar-refractivity contribution in [1.82, 2.24) is 19.9 Å². The van der Waals surface area contributed by atoms with Crippen molar-refractivity contribution in [3.63, 3.8) is 0 Å². The number of anilines is 5. The maximum absolute atomic E-state index is 11.6. The molecule has 1 aliphatic rings. The Morgan fingerprint density at radius 1 is 1.18 bits per heavy atom. The predicted octanol–water partition coefficient (Wildman–Crippen LogP) is 4.12. The van der Waals surface area contributed by atoms with Crippen molar-refractivity contribution >= 4 is 35.4 Å². The monoisotopic (exact) mass is 449 g/mol. The molecule has 0 saturated heterocycles. The van der Waals surface area contributed by atoms with E-state index in [0.717, 1.165) is 30.5 Å². The molecule has 1 saturated carbocycles. The van der Waals surface area contributed by atoms with Crippen LogP contribution in [-0.4, -0.2) is 46.5 Å². The minimum atomic E-state index is 0.296. The zero-order chi connectivity index (χ0) is 23.8. The van der Waals surface area contributed by atoms with Gasteiger partial charge in [-0.05, 0) is 43.2 Å². The standard InChI is InChI=1S/C22H25N7O2.C2H6/c1-28(18-5-3-4-16(23)10-18)21-15(13-29(14-30)17-6-7-17)11-25-22(27-21)26-20-9-8-19(31-2)12-24-20;1-2/h3-5,8-12,14,17H,6-7,13,23H2,1-2H3,(H,24,25,26,27);1-2H3. The van der Waals surface area contributed by atoms with Crippen LogP contribution in [0.4, 0.5) is 29.0 Å². The van der Waals surface area contributed by atoms with Crippen molar-refractivity contribution in [2.45, 2.75) is 39.3 Å². The van der Waals surface area contributed by atoms with E-state index in [4.69, 9.17) is 15.5 Å². The van der Waals surface area contributed by atoms with E-state index in [2.05, 4.69) is 15.3 Å². The van der Waals surface area contributed by atoms with Crippen LogP contribution in [0.3, 0.4) is 0 Å². The molecule has 2 aromatic heterocycles. The highest BCUT2D eigenvalue weighted by atomic mass is 16.5. The molecule has 9 heteroatoms. The van der Waals surface area contributed by atoms with E-state index >= 15 is 0 Å². The van der Waals surface area contributed by atoms with Crippen LogP contribution in [0.15, 0.2) is 48.8 Å². The molecule has 0 aliphatic heterocycles. The number of hydrogen-bond donors (Lipinski definition) is 2. The summed E-state index contributed by atoms with van der Waals surface area (Å²) in [7, 11) is 3.51. The molecule has 1 amide bonds. The zero-order valence-corrected chi connectivity index (χ0v) is 19.5. The number of nitrogens with one attached hydrogen (secondary N) is 1. The fourth-order valence-corrected chi connectivity index (χ4v) is 3.26. The van der Waals surface area contributed by atoms with Gasteiger partial charge in [-0.2, -0.15) is 4.98 Å². The molecule has 3 N–H and O–H groups in total. The first-order chi connectivity index (χ1) is 16.1. The quantitative estimate of drug-likeness (QED) is 0.371. The molecule has 0 spiro atoms. The Balaban J connectivity index is 0.00000149. The first kappa shape index (κ1) is 23.8. The second-order valence-electron chi connectivity index (χ2n) is 7.41. The van der Waals surface area contributed by atoms with E-state index in [1.54, 1.807) is 36.5 Å². The number of carbonyl (C=O) groups is 1. The number of pyridine rings is 1. The Bertz CT molecular complexity index is 1050. The third-order valence-electron chi connectivity index (χ3n) is 5.13.